The van der Waals surface area contributed by atoms with Crippen LogP contribution in [0.2, 0.25) is 0 Å². The number of para-hydroxylation sites is 1. The van der Waals surface area contributed by atoms with Crippen LogP contribution in [-0.4, -0.2) is 6.29 Å². The average Bonchev–Trinajstić information content (AvgIpc) is 2.47. The maximum absolute atomic E-state index is 10.5. The first-order valence-electron chi connectivity index (χ1n) is 5.88. The summed E-state index contributed by atoms with van der Waals surface area (Å²) in [6.07, 6.45) is 1.97. The van der Waals surface area contributed by atoms with Gasteiger partial charge in [-0.05, 0) is 23.8 Å². The van der Waals surface area contributed by atoms with Crippen LogP contribution in [0.4, 0.5) is 0 Å². The van der Waals surface area contributed by atoms with Crippen LogP contribution in [-0.2, 0) is 11.4 Å². The summed E-state index contributed by atoms with van der Waals surface area (Å²) < 4.78 is 5.75. The Kier molecular flexibility index (Phi) is 4.76. The van der Waals surface area contributed by atoms with E-state index >= 15 is 0 Å². The first kappa shape index (κ1) is 13.4. The topological polar surface area (TPSA) is 26.3 Å². The number of hydrogen-bond donors (Lipinski definition) is 0. The Hall–Kier alpha value is -2.06. The van der Waals surface area contributed by atoms with Crippen LogP contribution in [0.3, 0.4) is 0 Å². The van der Waals surface area contributed by atoms with Crippen molar-refractivity contribution in [1.29, 1.82) is 0 Å². The van der Waals surface area contributed by atoms with Crippen molar-refractivity contribution in [3.8, 4) is 5.75 Å². The largest absolute Gasteiger partial charge is 0.488 e. The van der Waals surface area contributed by atoms with Crippen LogP contribution in [0.5, 0.6) is 5.75 Å². The molecule has 19 heavy (non-hydrogen) atoms. The van der Waals surface area contributed by atoms with Crippen molar-refractivity contribution in [2.24, 2.45) is 0 Å². The number of benzene rings is 2. The molecule has 0 fully saturated rings. The van der Waals surface area contributed by atoms with E-state index in [4.69, 9.17) is 16.3 Å². The summed E-state index contributed by atoms with van der Waals surface area (Å²) >= 11 is 6.04. The van der Waals surface area contributed by atoms with Crippen LogP contribution in [0.1, 0.15) is 11.1 Å². The van der Waals surface area contributed by atoms with Gasteiger partial charge in [0.25, 0.3) is 0 Å². The summed E-state index contributed by atoms with van der Waals surface area (Å²) in [5.41, 5.74) is 1.79. The zero-order chi connectivity index (χ0) is 13.5. The Morgan fingerprint density at radius 3 is 2.47 bits per heavy atom. The van der Waals surface area contributed by atoms with Crippen LogP contribution < -0.4 is 4.74 Å². The normalized spacial score (nSPS) is 11.1. The van der Waals surface area contributed by atoms with Gasteiger partial charge in [-0.2, -0.15) is 0 Å². The molecule has 0 amide bonds. The standard InChI is InChI=1S/C16H13ClO2/c17-15(10-11-18)14-8-4-5-9-16(14)19-12-13-6-2-1-3-7-13/h1-11H,12H2. The third-order valence-electron chi connectivity index (χ3n) is 2.60. The monoisotopic (exact) mass is 272 g/mol. The lowest BCUT2D eigenvalue weighted by Gasteiger charge is -2.10. The van der Waals surface area contributed by atoms with Crippen molar-refractivity contribution >= 4 is 22.9 Å². The first-order chi connectivity index (χ1) is 9.31. The van der Waals surface area contributed by atoms with E-state index in [9.17, 15) is 4.79 Å². The van der Waals surface area contributed by atoms with Crippen molar-refractivity contribution in [3.63, 3.8) is 0 Å². The highest BCUT2D eigenvalue weighted by molar-refractivity contribution is 6.50. The average molecular weight is 273 g/mol. The maximum atomic E-state index is 10.5. The summed E-state index contributed by atoms with van der Waals surface area (Å²) in [4.78, 5) is 10.5. The maximum Gasteiger partial charge on any atom is 0.144 e. The molecule has 0 heterocycles. The van der Waals surface area contributed by atoms with Crippen molar-refractivity contribution in [3.05, 3.63) is 71.8 Å². The van der Waals surface area contributed by atoms with Crippen molar-refractivity contribution < 1.29 is 9.53 Å². The van der Waals surface area contributed by atoms with Gasteiger partial charge in [-0.3, -0.25) is 4.79 Å². The molecule has 0 radical (unpaired) electrons. The Morgan fingerprint density at radius 1 is 1.05 bits per heavy atom. The molecule has 0 atom stereocenters. The van der Waals surface area contributed by atoms with Gasteiger partial charge in [-0.15, -0.1) is 0 Å². The van der Waals surface area contributed by atoms with Gasteiger partial charge in [-0.25, -0.2) is 0 Å². The molecule has 0 aliphatic rings. The first-order valence-corrected chi connectivity index (χ1v) is 6.26. The van der Waals surface area contributed by atoms with E-state index in [1.165, 1.54) is 6.08 Å². The lowest BCUT2D eigenvalue weighted by molar-refractivity contribution is -0.104. The van der Waals surface area contributed by atoms with E-state index in [0.29, 0.717) is 29.2 Å². The molecule has 2 aromatic carbocycles. The number of carbonyl (C=O) groups excluding carboxylic acids is 1. The van der Waals surface area contributed by atoms with Gasteiger partial charge in [0.1, 0.15) is 18.6 Å². The molecule has 0 aliphatic heterocycles. The van der Waals surface area contributed by atoms with Gasteiger partial charge in [0.05, 0.1) is 5.03 Å². The summed E-state index contributed by atoms with van der Waals surface area (Å²) in [6.45, 7) is 0.461. The van der Waals surface area contributed by atoms with Crippen LogP contribution >= 0.6 is 11.6 Å². The highest BCUT2D eigenvalue weighted by atomic mass is 35.5. The Balaban J connectivity index is 2.17. The van der Waals surface area contributed by atoms with Gasteiger partial charge in [-0.1, -0.05) is 54.1 Å². The van der Waals surface area contributed by atoms with Crippen molar-refractivity contribution in [2.75, 3.05) is 0 Å². The molecule has 0 unspecified atom stereocenters. The van der Waals surface area contributed by atoms with Gasteiger partial charge >= 0.3 is 0 Å². The number of halogens is 1. The molecule has 0 saturated heterocycles. The fourth-order valence-electron chi connectivity index (χ4n) is 1.67. The molecule has 2 rings (SSSR count). The molecule has 96 valence electrons. The van der Waals surface area contributed by atoms with Gasteiger partial charge < -0.3 is 4.74 Å². The molecule has 2 aromatic rings. The quantitative estimate of drug-likeness (QED) is 0.606. The molecule has 0 N–H and O–H groups in total. The zero-order valence-corrected chi connectivity index (χ0v) is 11.0. The molecule has 0 aromatic heterocycles. The van der Waals surface area contributed by atoms with E-state index in [2.05, 4.69) is 0 Å². The minimum atomic E-state index is 0.374. The number of aldehydes is 1. The zero-order valence-electron chi connectivity index (χ0n) is 10.3. The highest BCUT2D eigenvalue weighted by Gasteiger charge is 2.06. The molecular weight excluding hydrogens is 260 g/mol. The summed E-state index contributed by atoms with van der Waals surface area (Å²) in [6, 6.07) is 17.2. The number of hydrogen-bond acceptors (Lipinski definition) is 2. The van der Waals surface area contributed by atoms with E-state index in [1.54, 1.807) is 0 Å². The van der Waals surface area contributed by atoms with E-state index < -0.39 is 0 Å². The van der Waals surface area contributed by atoms with Crippen molar-refractivity contribution in [2.45, 2.75) is 6.61 Å². The van der Waals surface area contributed by atoms with E-state index in [-0.39, 0.29) is 0 Å². The van der Waals surface area contributed by atoms with E-state index in [1.807, 2.05) is 54.6 Å². The second-order valence-corrected chi connectivity index (χ2v) is 4.33. The minimum absolute atomic E-state index is 0.374. The van der Waals surface area contributed by atoms with Crippen LogP contribution in [0.15, 0.2) is 60.7 Å². The van der Waals surface area contributed by atoms with E-state index in [0.717, 1.165) is 5.56 Å². The number of rotatable bonds is 5. The molecule has 2 nitrogen and oxygen atoms in total. The molecule has 0 spiro atoms. The SMILES string of the molecule is O=CC=C(Cl)c1ccccc1OCc1ccccc1. The molecule has 0 aliphatic carbocycles. The second kappa shape index (κ2) is 6.76. The number of ether oxygens (including phenoxy) is 1. The Bertz CT molecular complexity index is 576. The third kappa shape index (κ3) is 3.70. The molecule has 0 saturated carbocycles. The predicted molar refractivity (Wildman–Crippen MR) is 77.1 cm³/mol. The Labute approximate surface area is 117 Å². The van der Waals surface area contributed by atoms with Gasteiger partial charge in [0.15, 0.2) is 0 Å². The fourth-order valence-corrected chi connectivity index (χ4v) is 1.88. The molecule has 0 bridgehead atoms. The molecular formula is C16H13ClO2. The van der Waals surface area contributed by atoms with Gasteiger partial charge in [0, 0.05) is 5.56 Å². The number of allylic oxidation sites excluding steroid dienone is 1. The fraction of sp³-hybridized carbons (Fsp3) is 0.0625. The van der Waals surface area contributed by atoms with Crippen LogP contribution in [0, 0.1) is 0 Å². The lowest BCUT2D eigenvalue weighted by atomic mass is 10.2. The minimum Gasteiger partial charge on any atom is -0.488 e. The third-order valence-corrected chi connectivity index (χ3v) is 2.93. The summed E-state index contributed by atoms with van der Waals surface area (Å²) in [7, 11) is 0. The summed E-state index contributed by atoms with van der Waals surface area (Å²) in [5, 5.41) is 0.374. The van der Waals surface area contributed by atoms with Crippen molar-refractivity contribution in [1.82, 2.24) is 0 Å². The second-order valence-electron chi connectivity index (χ2n) is 3.92. The van der Waals surface area contributed by atoms with Crippen LogP contribution in [0.25, 0.3) is 5.03 Å². The number of carbonyl (C=O) groups is 1. The smallest absolute Gasteiger partial charge is 0.144 e. The predicted octanol–water partition coefficient (Wildman–Crippen LogP) is 4.04. The highest BCUT2D eigenvalue weighted by Crippen LogP contribution is 2.28. The molecule has 3 heteroatoms. The Morgan fingerprint density at radius 2 is 1.74 bits per heavy atom. The lowest BCUT2D eigenvalue weighted by Crippen LogP contribution is -1.97. The van der Waals surface area contributed by atoms with Gasteiger partial charge in [0.2, 0.25) is 0 Å². The summed E-state index contributed by atoms with van der Waals surface area (Å²) in [5.74, 6) is 0.662.